The number of nitrogens with one attached hydrogen (secondary N) is 1. The maximum atomic E-state index is 3.55. The van der Waals surface area contributed by atoms with Gasteiger partial charge in [-0.3, -0.25) is 0 Å². The van der Waals surface area contributed by atoms with Gasteiger partial charge < -0.3 is 5.32 Å². The minimum atomic E-state index is 0.409. The monoisotopic (exact) mass is 309 g/mol. The van der Waals surface area contributed by atoms with Crippen molar-refractivity contribution in [3.05, 3.63) is 56.7 Å². The van der Waals surface area contributed by atoms with Crippen molar-refractivity contribution in [3.8, 4) is 0 Å². The molecule has 1 aromatic carbocycles. The van der Waals surface area contributed by atoms with Crippen molar-refractivity contribution in [1.82, 2.24) is 5.32 Å². The molecule has 1 heterocycles. The fourth-order valence-corrected chi connectivity index (χ4v) is 3.40. The first-order valence-corrected chi connectivity index (χ1v) is 7.48. The van der Waals surface area contributed by atoms with Crippen LogP contribution in [0.25, 0.3) is 0 Å². The topological polar surface area (TPSA) is 12.0 Å². The summed E-state index contributed by atoms with van der Waals surface area (Å²) in [6.07, 6.45) is 1.05. The van der Waals surface area contributed by atoms with Crippen molar-refractivity contribution >= 4 is 27.3 Å². The van der Waals surface area contributed by atoms with Gasteiger partial charge in [0, 0.05) is 27.2 Å². The van der Waals surface area contributed by atoms with Crippen LogP contribution in [-0.4, -0.2) is 6.54 Å². The van der Waals surface area contributed by atoms with Gasteiger partial charge in [0.05, 0.1) is 0 Å². The Morgan fingerprint density at radius 3 is 2.65 bits per heavy atom. The molecule has 1 N–H and O–H groups in total. The predicted molar refractivity (Wildman–Crippen MR) is 78.6 cm³/mol. The molecule has 0 saturated carbocycles. The van der Waals surface area contributed by atoms with E-state index >= 15 is 0 Å². The van der Waals surface area contributed by atoms with Gasteiger partial charge in [-0.15, -0.1) is 11.3 Å². The highest BCUT2D eigenvalue weighted by molar-refractivity contribution is 9.10. The number of hydrogen-bond acceptors (Lipinski definition) is 2. The van der Waals surface area contributed by atoms with Crippen LogP contribution >= 0.6 is 27.3 Å². The van der Waals surface area contributed by atoms with Crippen LogP contribution in [0.2, 0.25) is 0 Å². The molecule has 17 heavy (non-hydrogen) atoms. The van der Waals surface area contributed by atoms with Gasteiger partial charge in [-0.1, -0.05) is 37.3 Å². The molecule has 3 heteroatoms. The fourth-order valence-electron chi connectivity index (χ4n) is 1.90. The van der Waals surface area contributed by atoms with Crippen molar-refractivity contribution in [2.45, 2.75) is 19.4 Å². The zero-order valence-electron chi connectivity index (χ0n) is 9.82. The molecule has 0 bridgehead atoms. The van der Waals surface area contributed by atoms with E-state index in [0.29, 0.717) is 6.04 Å². The average molecular weight is 310 g/mol. The van der Waals surface area contributed by atoms with Gasteiger partial charge in [-0.2, -0.15) is 0 Å². The zero-order valence-corrected chi connectivity index (χ0v) is 12.2. The summed E-state index contributed by atoms with van der Waals surface area (Å²) in [7, 11) is 0. The molecule has 1 aromatic heterocycles. The largest absolute Gasteiger partial charge is 0.310 e. The Balaban J connectivity index is 2.13. The third-order valence-corrected chi connectivity index (χ3v) is 4.40. The lowest BCUT2D eigenvalue weighted by Crippen LogP contribution is -2.22. The van der Waals surface area contributed by atoms with Crippen LogP contribution in [0.3, 0.4) is 0 Å². The minimum Gasteiger partial charge on any atom is -0.310 e. The molecule has 0 radical (unpaired) electrons. The number of rotatable bonds is 5. The van der Waals surface area contributed by atoms with Gasteiger partial charge in [0.2, 0.25) is 0 Å². The summed E-state index contributed by atoms with van der Waals surface area (Å²) in [6, 6.07) is 13.3. The summed E-state index contributed by atoms with van der Waals surface area (Å²) in [4.78, 5) is 1.41. The standard InChI is InChI=1S/C14H16BrNS/c1-2-16-14(11-6-4-3-5-7-11)9-13-8-12(15)10-17-13/h3-8,10,14,16H,2,9H2,1H3. The second kappa shape index (κ2) is 6.34. The van der Waals surface area contributed by atoms with Gasteiger partial charge in [0.25, 0.3) is 0 Å². The molecule has 0 fully saturated rings. The van der Waals surface area contributed by atoms with E-state index in [0.717, 1.165) is 13.0 Å². The third-order valence-electron chi connectivity index (χ3n) is 2.68. The van der Waals surface area contributed by atoms with Crippen LogP contribution < -0.4 is 5.32 Å². The summed E-state index contributed by atoms with van der Waals surface area (Å²) in [5.74, 6) is 0. The Morgan fingerprint density at radius 2 is 2.06 bits per heavy atom. The quantitative estimate of drug-likeness (QED) is 0.863. The van der Waals surface area contributed by atoms with Crippen LogP contribution in [0.15, 0.2) is 46.3 Å². The average Bonchev–Trinajstić information content (AvgIpc) is 2.75. The van der Waals surface area contributed by atoms with Gasteiger partial charge in [-0.05, 0) is 34.1 Å². The van der Waals surface area contributed by atoms with E-state index in [1.165, 1.54) is 14.9 Å². The Morgan fingerprint density at radius 1 is 1.29 bits per heavy atom. The molecule has 2 rings (SSSR count). The van der Waals surface area contributed by atoms with Gasteiger partial charge in [-0.25, -0.2) is 0 Å². The Bertz CT molecular complexity index is 452. The van der Waals surface area contributed by atoms with Crippen LogP contribution in [0.4, 0.5) is 0 Å². The second-order valence-corrected chi connectivity index (χ2v) is 5.87. The summed E-state index contributed by atoms with van der Waals surface area (Å²) in [5, 5.41) is 5.69. The summed E-state index contributed by atoms with van der Waals surface area (Å²) < 4.78 is 1.18. The maximum absolute atomic E-state index is 3.55. The summed E-state index contributed by atoms with van der Waals surface area (Å²) in [6.45, 7) is 3.15. The number of benzene rings is 1. The van der Waals surface area contributed by atoms with Crippen molar-refractivity contribution in [2.24, 2.45) is 0 Å². The molecule has 1 unspecified atom stereocenters. The first kappa shape index (κ1) is 12.8. The molecule has 0 aliphatic rings. The van der Waals surface area contributed by atoms with E-state index < -0.39 is 0 Å². The molecule has 0 amide bonds. The molecule has 0 aliphatic carbocycles. The number of halogens is 1. The molecule has 90 valence electrons. The number of likely N-dealkylation sites (N-methyl/N-ethyl adjacent to an activating group) is 1. The molecule has 0 spiro atoms. The normalized spacial score (nSPS) is 12.6. The Hall–Kier alpha value is -0.640. The van der Waals surface area contributed by atoms with Crippen molar-refractivity contribution in [3.63, 3.8) is 0 Å². The second-order valence-electron chi connectivity index (χ2n) is 3.96. The zero-order chi connectivity index (χ0) is 12.1. The minimum absolute atomic E-state index is 0.409. The van der Waals surface area contributed by atoms with Crippen LogP contribution in [0, 0.1) is 0 Å². The van der Waals surface area contributed by atoms with E-state index in [9.17, 15) is 0 Å². The highest BCUT2D eigenvalue weighted by Gasteiger charge is 2.11. The molecule has 0 aliphatic heterocycles. The molecular weight excluding hydrogens is 294 g/mol. The van der Waals surface area contributed by atoms with Gasteiger partial charge in [0.15, 0.2) is 0 Å². The van der Waals surface area contributed by atoms with E-state index in [2.05, 4.69) is 69.9 Å². The summed E-state index contributed by atoms with van der Waals surface area (Å²) in [5.41, 5.74) is 1.36. The highest BCUT2D eigenvalue weighted by Crippen LogP contribution is 2.25. The van der Waals surface area contributed by atoms with E-state index in [-0.39, 0.29) is 0 Å². The molecule has 0 saturated heterocycles. The SMILES string of the molecule is CCNC(Cc1cc(Br)cs1)c1ccccc1. The molecule has 1 atom stereocenters. The predicted octanol–water partition coefficient (Wildman–Crippen LogP) is 4.40. The fraction of sp³-hybridized carbons (Fsp3) is 0.286. The lowest BCUT2D eigenvalue weighted by molar-refractivity contribution is 0.553. The Kier molecular flexibility index (Phi) is 4.77. The molecular formula is C14H16BrNS. The van der Waals surface area contributed by atoms with E-state index in [1.54, 1.807) is 0 Å². The van der Waals surface area contributed by atoms with Crippen LogP contribution in [-0.2, 0) is 6.42 Å². The van der Waals surface area contributed by atoms with Crippen molar-refractivity contribution in [1.29, 1.82) is 0 Å². The number of hydrogen-bond donors (Lipinski definition) is 1. The first-order chi connectivity index (χ1) is 8.29. The molecule has 2 aromatic rings. The molecule has 1 nitrogen and oxygen atoms in total. The van der Waals surface area contributed by atoms with Crippen molar-refractivity contribution < 1.29 is 0 Å². The lowest BCUT2D eigenvalue weighted by atomic mass is 10.0. The first-order valence-electron chi connectivity index (χ1n) is 5.81. The van der Waals surface area contributed by atoms with Crippen molar-refractivity contribution in [2.75, 3.05) is 6.54 Å². The Labute approximate surface area is 115 Å². The third kappa shape index (κ3) is 3.66. The highest BCUT2D eigenvalue weighted by atomic mass is 79.9. The smallest absolute Gasteiger partial charge is 0.0368 e. The van der Waals surface area contributed by atoms with E-state index in [1.807, 2.05) is 11.3 Å². The van der Waals surface area contributed by atoms with Gasteiger partial charge in [0.1, 0.15) is 0 Å². The van der Waals surface area contributed by atoms with Crippen LogP contribution in [0.1, 0.15) is 23.4 Å². The summed E-state index contributed by atoms with van der Waals surface area (Å²) >= 11 is 5.32. The maximum Gasteiger partial charge on any atom is 0.0368 e. The van der Waals surface area contributed by atoms with E-state index in [4.69, 9.17) is 0 Å². The van der Waals surface area contributed by atoms with Gasteiger partial charge >= 0.3 is 0 Å². The van der Waals surface area contributed by atoms with Crippen LogP contribution in [0.5, 0.6) is 0 Å². The lowest BCUT2D eigenvalue weighted by Gasteiger charge is -2.17. The number of thiophene rings is 1.